The van der Waals surface area contributed by atoms with Gasteiger partial charge in [0, 0.05) is 39.3 Å². The van der Waals surface area contributed by atoms with E-state index in [2.05, 4.69) is 21.6 Å². The second-order valence-electron chi connectivity index (χ2n) is 5.86. The zero-order valence-corrected chi connectivity index (χ0v) is 14.9. The Bertz CT molecular complexity index is 470. The molecule has 130 valence electrons. The van der Waals surface area contributed by atoms with E-state index in [-0.39, 0.29) is 18.3 Å². The highest BCUT2D eigenvalue weighted by Gasteiger charge is 2.09. The smallest absolute Gasteiger partial charge is 0.223 e. The molecule has 6 heteroatoms. The van der Waals surface area contributed by atoms with Crippen molar-refractivity contribution in [1.29, 1.82) is 0 Å². The fourth-order valence-corrected chi connectivity index (χ4v) is 2.65. The van der Waals surface area contributed by atoms with Crippen molar-refractivity contribution in [2.75, 3.05) is 45.9 Å². The SMILES string of the molecule is Cc1cc(C)cc(OCCC(=O)NCCN2CCNCC2)c1.Cl. The van der Waals surface area contributed by atoms with Crippen molar-refractivity contribution in [2.45, 2.75) is 20.3 Å². The van der Waals surface area contributed by atoms with Crippen LogP contribution in [0.3, 0.4) is 0 Å². The van der Waals surface area contributed by atoms with E-state index >= 15 is 0 Å². The third kappa shape index (κ3) is 7.68. The Labute approximate surface area is 145 Å². The maximum absolute atomic E-state index is 11.8. The minimum atomic E-state index is 0. The number of amides is 1. The molecule has 1 aliphatic rings. The Morgan fingerprint density at radius 3 is 2.52 bits per heavy atom. The number of hydrogen-bond donors (Lipinski definition) is 2. The normalized spacial score (nSPS) is 14.9. The number of rotatable bonds is 7. The van der Waals surface area contributed by atoms with Gasteiger partial charge in [0.2, 0.25) is 5.91 Å². The standard InChI is InChI=1S/C17H27N3O2.ClH/c1-14-11-15(2)13-16(12-14)22-10-3-17(21)19-6-9-20-7-4-18-5-8-20;/h11-13,18H,3-10H2,1-2H3,(H,19,21);1H. The van der Waals surface area contributed by atoms with E-state index < -0.39 is 0 Å². The summed E-state index contributed by atoms with van der Waals surface area (Å²) in [5.74, 6) is 0.894. The first kappa shape index (κ1) is 19.7. The Morgan fingerprint density at radius 2 is 1.87 bits per heavy atom. The van der Waals surface area contributed by atoms with Crippen molar-refractivity contribution < 1.29 is 9.53 Å². The number of benzene rings is 1. The largest absolute Gasteiger partial charge is 0.493 e. The highest BCUT2D eigenvalue weighted by Crippen LogP contribution is 2.16. The molecule has 0 aliphatic carbocycles. The number of carbonyl (C=O) groups is 1. The summed E-state index contributed by atoms with van der Waals surface area (Å²) in [7, 11) is 0. The van der Waals surface area contributed by atoms with Crippen molar-refractivity contribution in [3.8, 4) is 5.75 Å². The van der Waals surface area contributed by atoms with Gasteiger partial charge in [-0.05, 0) is 37.1 Å². The zero-order valence-electron chi connectivity index (χ0n) is 14.1. The third-order valence-corrected chi connectivity index (χ3v) is 3.75. The van der Waals surface area contributed by atoms with Crippen LogP contribution in [0, 0.1) is 13.8 Å². The van der Waals surface area contributed by atoms with Gasteiger partial charge in [0.1, 0.15) is 5.75 Å². The lowest BCUT2D eigenvalue weighted by Crippen LogP contribution is -2.46. The molecule has 0 unspecified atom stereocenters. The summed E-state index contributed by atoms with van der Waals surface area (Å²) in [6.45, 7) is 10.3. The minimum Gasteiger partial charge on any atom is -0.493 e. The second kappa shape index (κ2) is 10.5. The maximum atomic E-state index is 11.8. The summed E-state index contributed by atoms with van der Waals surface area (Å²) in [5, 5.41) is 6.28. The van der Waals surface area contributed by atoms with Gasteiger partial charge in [-0.25, -0.2) is 0 Å². The van der Waals surface area contributed by atoms with E-state index in [1.165, 1.54) is 11.1 Å². The molecule has 1 heterocycles. The fraction of sp³-hybridized carbons (Fsp3) is 0.588. The van der Waals surface area contributed by atoms with Crippen LogP contribution in [0.1, 0.15) is 17.5 Å². The lowest BCUT2D eigenvalue weighted by molar-refractivity contribution is -0.121. The monoisotopic (exact) mass is 341 g/mol. The number of halogens is 1. The third-order valence-electron chi connectivity index (χ3n) is 3.75. The molecule has 2 rings (SSSR count). The summed E-state index contributed by atoms with van der Waals surface area (Å²) in [6, 6.07) is 6.10. The average molecular weight is 342 g/mol. The summed E-state index contributed by atoms with van der Waals surface area (Å²) in [5.41, 5.74) is 2.35. The van der Waals surface area contributed by atoms with Crippen molar-refractivity contribution in [1.82, 2.24) is 15.5 Å². The molecule has 0 saturated carbocycles. The second-order valence-corrected chi connectivity index (χ2v) is 5.86. The first-order chi connectivity index (χ1) is 10.6. The van der Waals surface area contributed by atoms with E-state index in [0.29, 0.717) is 19.6 Å². The molecule has 2 N–H and O–H groups in total. The molecular weight excluding hydrogens is 314 g/mol. The topological polar surface area (TPSA) is 53.6 Å². The van der Waals surface area contributed by atoms with Gasteiger partial charge in [-0.2, -0.15) is 0 Å². The predicted molar refractivity (Wildman–Crippen MR) is 95.6 cm³/mol. The molecule has 0 aromatic heterocycles. The van der Waals surface area contributed by atoms with Gasteiger partial charge < -0.3 is 15.4 Å². The quantitative estimate of drug-likeness (QED) is 0.789. The Hall–Kier alpha value is -1.30. The predicted octanol–water partition coefficient (Wildman–Crippen LogP) is 1.52. The van der Waals surface area contributed by atoms with E-state index in [0.717, 1.165) is 38.5 Å². The van der Waals surface area contributed by atoms with Gasteiger partial charge >= 0.3 is 0 Å². The fourth-order valence-electron chi connectivity index (χ4n) is 2.65. The van der Waals surface area contributed by atoms with Gasteiger partial charge in [-0.3, -0.25) is 9.69 Å². The summed E-state index contributed by atoms with van der Waals surface area (Å²) in [6.07, 6.45) is 0.397. The van der Waals surface area contributed by atoms with Crippen LogP contribution in [0.5, 0.6) is 5.75 Å². The summed E-state index contributed by atoms with van der Waals surface area (Å²) >= 11 is 0. The van der Waals surface area contributed by atoms with Crippen molar-refractivity contribution in [3.63, 3.8) is 0 Å². The highest BCUT2D eigenvalue weighted by atomic mass is 35.5. The first-order valence-corrected chi connectivity index (χ1v) is 8.04. The number of ether oxygens (including phenoxy) is 1. The average Bonchev–Trinajstić information content (AvgIpc) is 2.47. The molecule has 1 amide bonds. The summed E-state index contributed by atoms with van der Waals surface area (Å²) in [4.78, 5) is 14.2. The van der Waals surface area contributed by atoms with Crippen LogP contribution in [0.2, 0.25) is 0 Å². The van der Waals surface area contributed by atoms with Crippen LogP contribution in [0.4, 0.5) is 0 Å². The van der Waals surface area contributed by atoms with Gasteiger partial charge in [0.05, 0.1) is 13.0 Å². The van der Waals surface area contributed by atoms with Gasteiger partial charge in [0.15, 0.2) is 0 Å². The number of aryl methyl sites for hydroxylation is 2. The van der Waals surface area contributed by atoms with Crippen LogP contribution in [0.15, 0.2) is 18.2 Å². The Balaban J connectivity index is 0.00000264. The highest BCUT2D eigenvalue weighted by molar-refractivity contribution is 5.85. The molecule has 1 aromatic carbocycles. The molecule has 1 fully saturated rings. The molecule has 1 aromatic rings. The van der Waals surface area contributed by atoms with E-state index in [9.17, 15) is 4.79 Å². The van der Waals surface area contributed by atoms with Crippen LogP contribution < -0.4 is 15.4 Å². The first-order valence-electron chi connectivity index (χ1n) is 8.04. The van der Waals surface area contributed by atoms with Crippen molar-refractivity contribution in [3.05, 3.63) is 29.3 Å². The molecule has 5 nitrogen and oxygen atoms in total. The van der Waals surface area contributed by atoms with Crippen LogP contribution >= 0.6 is 12.4 Å². The zero-order chi connectivity index (χ0) is 15.8. The summed E-state index contributed by atoms with van der Waals surface area (Å²) < 4.78 is 5.66. The number of piperazine rings is 1. The molecule has 1 aliphatic heterocycles. The lowest BCUT2D eigenvalue weighted by Gasteiger charge is -2.27. The number of hydrogen-bond acceptors (Lipinski definition) is 4. The number of nitrogens with zero attached hydrogens (tertiary/aromatic N) is 1. The van der Waals surface area contributed by atoms with Gasteiger partial charge in [-0.15, -0.1) is 12.4 Å². The number of nitrogens with one attached hydrogen (secondary N) is 2. The van der Waals surface area contributed by atoms with Crippen LogP contribution in [-0.2, 0) is 4.79 Å². The molecule has 0 radical (unpaired) electrons. The molecule has 1 saturated heterocycles. The van der Waals surface area contributed by atoms with E-state index in [1.54, 1.807) is 0 Å². The van der Waals surface area contributed by atoms with E-state index in [4.69, 9.17) is 4.74 Å². The Kier molecular flexibility index (Phi) is 8.99. The van der Waals surface area contributed by atoms with E-state index in [1.807, 2.05) is 26.0 Å². The maximum Gasteiger partial charge on any atom is 0.223 e. The van der Waals surface area contributed by atoms with Crippen LogP contribution in [0.25, 0.3) is 0 Å². The van der Waals surface area contributed by atoms with Gasteiger partial charge in [-0.1, -0.05) is 6.07 Å². The van der Waals surface area contributed by atoms with Crippen molar-refractivity contribution in [2.24, 2.45) is 0 Å². The molecule has 23 heavy (non-hydrogen) atoms. The minimum absolute atomic E-state index is 0. The van der Waals surface area contributed by atoms with Gasteiger partial charge in [0.25, 0.3) is 0 Å². The molecule has 0 atom stereocenters. The van der Waals surface area contributed by atoms with Crippen molar-refractivity contribution >= 4 is 18.3 Å². The molecule has 0 spiro atoms. The van der Waals surface area contributed by atoms with Crippen LogP contribution in [-0.4, -0.2) is 56.7 Å². The lowest BCUT2D eigenvalue weighted by atomic mass is 10.1. The number of carbonyl (C=O) groups excluding carboxylic acids is 1. The molecule has 0 bridgehead atoms. The Morgan fingerprint density at radius 1 is 1.22 bits per heavy atom. The molecular formula is C17H28ClN3O2.